The van der Waals surface area contributed by atoms with Crippen LogP contribution < -0.4 is 10.6 Å². The lowest BCUT2D eigenvalue weighted by Crippen LogP contribution is -2.36. The average Bonchev–Trinajstić information content (AvgIpc) is 2.40. The maximum absolute atomic E-state index is 8.54. The van der Waals surface area contributed by atoms with E-state index in [1.54, 1.807) is 13.3 Å². The minimum Gasteiger partial charge on any atom is -0.409 e. The van der Waals surface area contributed by atoms with Gasteiger partial charge >= 0.3 is 0 Å². The molecule has 0 aliphatic rings. The van der Waals surface area contributed by atoms with Crippen LogP contribution in [-0.4, -0.2) is 47.3 Å². The third kappa shape index (κ3) is 3.30. The second-order valence-electron chi connectivity index (χ2n) is 3.84. The summed E-state index contributed by atoms with van der Waals surface area (Å²) in [7, 11) is 1.66. The summed E-state index contributed by atoms with van der Waals surface area (Å²) in [4.78, 5) is 10.4. The van der Waals surface area contributed by atoms with Crippen LogP contribution in [0.4, 0.5) is 5.82 Å². The Balaban J connectivity index is 2.88. The van der Waals surface area contributed by atoms with Crippen molar-refractivity contribution >= 4 is 11.7 Å². The van der Waals surface area contributed by atoms with E-state index < -0.39 is 0 Å². The smallest absolute Gasteiger partial charge is 0.190 e. The molecule has 1 aromatic rings. The number of hydrogen-bond donors (Lipinski definition) is 2. The third-order valence-electron chi connectivity index (χ3n) is 2.58. The van der Waals surface area contributed by atoms with E-state index in [2.05, 4.69) is 20.0 Å². The Hall–Kier alpha value is -1.89. The van der Waals surface area contributed by atoms with E-state index in [1.165, 1.54) is 6.20 Å². The molecule has 1 atom stereocenters. The molecule has 7 heteroatoms. The molecule has 18 heavy (non-hydrogen) atoms. The lowest BCUT2D eigenvalue weighted by molar-refractivity contribution is 0.181. The van der Waals surface area contributed by atoms with Crippen LogP contribution in [-0.2, 0) is 4.74 Å². The Bertz CT molecular complexity index is 393. The maximum Gasteiger partial charge on any atom is 0.190 e. The van der Waals surface area contributed by atoms with E-state index in [9.17, 15) is 0 Å². The number of aromatic nitrogens is 2. The van der Waals surface area contributed by atoms with E-state index in [0.29, 0.717) is 12.3 Å². The van der Waals surface area contributed by atoms with Crippen molar-refractivity contribution < 1.29 is 9.94 Å². The normalized spacial score (nSPS) is 13.4. The fourth-order valence-corrected chi connectivity index (χ4v) is 1.68. The number of nitrogens with zero attached hydrogens (tertiary/aromatic N) is 4. The second-order valence-corrected chi connectivity index (χ2v) is 3.84. The van der Waals surface area contributed by atoms with Gasteiger partial charge in [-0.3, -0.25) is 0 Å². The first-order valence-electron chi connectivity index (χ1n) is 5.69. The minimum atomic E-state index is -0.0537. The molecule has 0 saturated carbocycles. The van der Waals surface area contributed by atoms with Crippen LogP contribution in [0.5, 0.6) is 0 Å². The highest BCUT2D eigenvalue weighted by molar-refractivity contribution is 5.94. The number of oxime groups is 1. The van der Waals surface area contributed by atoms with Gasteiger partial charge in [-0.15, -0.1) is 0 Å². The number of amidine groups is 1. The Labute approximate surface area is 106 Å². The molecule has 0 aliphatic carbocycles. The number of likely N-dealkylation sites (N-methyl/N-ethyl adjacent to an activating group) is 1. The van der Waals surface area contributed by atoms with Gasteiger partial charge in [0.2, 0.25) is 0 Å². The van der Waals surface area contributed by atoms with Crippen LogP contribution in [0, 0.1) is 0 Å². The van der Waals surface area contributed by atoms with Crippen LogP contribution in [0.25, 0.3) is 0 Å². The first-order chi connectivity index (χ1) is 8.63. The molecule has 0 saturated heterocycles. The molecule has 100 valence electrons. The van der Waals surface area contributed by atoms with Crippen LogP contribution in [0.2, 0.25) is 0 Å². The topological polar surface area (TPSA) is 96.9 Å². The van der Waals surface area contributed by atoms with E-state index in [1.807, 2.05) is 13.8 Å². The summed E-state index contributed by atoms with van der Waals surface area (Å²) in [5.74, 6) is 0.679. The van der Waals surface area contributed by atoms with Gasteiger partial charge in [0.15, 0.2) is 5.84 Å². The third-order valence-corrected chi connectivity index (χ3v) is 2.58. The molecule has 0 amide bonds. The first-order valence-corrected chi connectivity index (χ1v) is 5.69. The molecule has 0 radical (unpaired) electrons. The molecule has 0 aliphatic heterocycles. The zero-order valence-corrected chi connectivity index (χ0v) is 10.9. The predicted octanol–water partition coefficient (Wildman–Crippen LogP) is 0.432. The number of nitrogens with two attached hydrogens (primary N) is 1. The molecular formula is C11H19N5O2. The number of hydrogen-bond acceptors (Lipinski definition) is 6. The van der Waals surface area contributed by atoms with E-state index in [-0.39, 0.29) is 11.9 Å². The zero-order valence-electron chi connectivity index (χ0n) is 10.9. The van der Waals surface area contributed by atoms with Crippen molar-refractivity contribution in [2.45, 2.75) is 19.9 Å². The van der Waals surface area contributed by atoms with Crippen molar-refractivity contribution in [1.29, 1.82) is 0 Å². The van der Waals surface area contributed by atoms with Gasteiger partial charge in [0.25, 0.3) is 0 Å². The number of methoxy groups -OCH3 is 1. The summed E-state index contributed by atoms with van der Waals surface area (Å²) in [5.41, 5.74) is 5.77. The highest BCUT2D eigenvalue weighted by Gasteiger charge is 2.14. The summed E-state index contributed by atoms with van der Waals surface area (Å²) >= 11 is 0. The Morgan fingerprint density at radius 2 is 2.28 bits per heavy atom. The van der Waals surface area contributed by atoms with Gasteiger partial charge in [-0.25, -0.2) is 9.97 Å². The molecule has 1 unspecified atom stereocenters. The van der Waals surface area contributed by atoms with E-state index >= 15 is 0 Å². The van der Waals surface area contributed by atoms with Gasteiger partial charge in [0.1, 0.15) is 11.5 Å². The SMILES string of the molecule is CCN(c1cnc(C(N)=NO)cn1)C(C)COC. The predicted molar refractivity (Wildman–Crippen MR) is 68.9 cm³/mol. The van der Waals surface area contributed by atoms with Crippen LogP contribution in [0.15, 0.2) is 17.5 Å². The Morgan fingerprint density at radius 1 is 1.56 bits per heavy atom. The molecule has 0 fully saturated rings. The summed E-state index contributed by atoms with van der Waals surface area (Å²) in [6.45, 7) is 5.48. The van der Waals surface area contributed by atoms with Crippen molar-refractivity contribution in [3.8, 4) is 0 Å². The monoisotopic (exact) mass is 253 g/mol. The van der Waals surface area contributed by atoms with Crippen LogP contribution >= 0.6 is 0 Å². The minimum absolute atomic E-state index is 0.0537. The van der Waals surface area contributed by atoms with Crippen molar-refractivity contribution in [2.24, 2.45) is 10.9 Å². The zero-order chi connectivity index (χ0) is 13.5. The Morgan fingerprint density at radius 3 is 2.72 bits per heavy atom. The summed E-state index contributed by atoms with van der Waals surface area (Å²) in [6, 6.07) is 0.198. The molecule has 1 rings (SSSR count). The van der Waals surface area contributed by atoms with Gasteiger partial charge in [-0.2, -0.15) is 0 Å². The summed E-state index contributed by atoms with van der Waals surface area (Å²) in [6.07, 6.45) is 3.08. The van der Waals surface area contributed by atoms with Crippen LogP contribution in [0.3, 0.4) is 0 Å². The molecule has 1 aromatic heterocycles. The molecular weight excluding hydrogens is 234 g/mol. The van der Waals surface area contributed by atoms with Gasteiger partial charge < -0.3 is 20.6 Å². The molecule has 3 N–H and O–H groups in total. The van der Waals surface area contributed by atoms with E-state index in [4.69, 9.17) is 15.7 Å². The van der Waals surface area contributed by atoms with Crippen molar-refractivity contribution in [3.05, 3.63) is 18.1 Å². The number of rotatable bonds is 6. The average molecular weight is 253 g/mol. The number of ether oxygens (including phenoxy) is 1. The quantitative estimate of drug-likeness (QED) is 0.330. The standard InChI is InChI=1S/C11H19N5O2/c1-4-16(8(2)7-18-3)10-6-13-9(5-14-10)11(12)15-17/h5-6,8,17H,4,7H2,1-3H3,(H2,12,15). The summed E-state index contributed by atoms with van der Waals surface area (Å²) in [5, 5.41) is 11.4. The van der Waals surface area contributed by atoms with Gasteiger partial charge in [0.05, 0.1) is 25.0 Å². The molecule has 1 heterocycles. The highest BCUT2D eigenvalue weighted by Crippen LogP contribution is 2.12. The molecule has 0 bridgehead atoms. The lowest BCUT2D eigenvalue weighted by atomic mass is 10.3. The van der Waals surface area contributed by atoms with Crippen molar-refractivity contribution in [1.82, 2.24) is 9.97 Å². The van der Waals surface area contributed by atoms with Gasteiger partial charge in [-0.05, 0) is 13.8 Å². The largest absolute Gasteiger partial charge is 0.409 e. The lowest BCUT2D eigenvalue weighted by Gasteiger charge is -2.28. The van der Waals surface area contributed by atoms with Gasteiger partial charge in [0, 0.05) is 13.7 Å². The second kappa shape index (κ2) is 6.75. The van der Waals surface area contributed by atoms with Crippen LogP contribution in [0.1, 0.15) is 19.5 Å². The highest BCUT2D eigenvalue weighted by atomic mass is 16.5. The maximum atomic E-state index is 8.54. The number of anilines is 1. The Kier molecular flexibility index (Phi) is 5.31. The fourth-order valence-electron chi connectivity index (χ4n) is 1.68. The first kappa shape index (κ1) is 14.2. The molecule has 0 aromatic carbocycles. The van der Waals surface area contributed by atoms with Crippen molar-refractivity contribution in [2.75, 3.05) is 25.2 Å². The van der Waals surface area contributed by atoms with Gasteiger partial charge in [-0.1, -0.05) is 5.16 Å². The summed E-state index contributed by atoms with van der Waals surface area (Å²) < 4.78 is 5.13. The van der Waals surface area contributed by atoms with Crippen molar-refractivity contribution in [3.63, 3.8) is 0 Å². The molecule has 0 spiro atoms. The molecule has 7 nitrogen and oxygen atoms in total. The fraction of sp³-hybridized carbons (Fsp3) is 0.545. The van der Waals surface area contributed by atoms with E-state index in [0.717, 1.165) is 12.4 Å².